The van der Waals surface area contributed by atoms with Crippen molar-refractivity contribution in [3.05, 3.63) is 74.9 Å². The summed E-state index contributed by atoms with van der Waals surface area (Å²) in [6.07, 6.45) is 3.61. The van der Waals surface area contributed by atoms with Gasteiger partial charge in [0.05, 0.1) is 6.10 Å². The fourth-order valence-corrected chi connectivity index (χ4v) is 4.53. The lowest BCUT2D eigenvalue weighted by molar-refractivity contribution is -0.117. The van der Waals surface area contributed by atoms with E-state index < -0.39 is 0 Å². The van der Waals surface area contributed by atoms with Crippen molar-refractivity contribution in [2.45, 2.75) is 32.4 Å². The van der Waals surface area contributed by atoms with Gasteiger partial charge in [0.2, 0.25) is 0 Å². The second-order valence-electron chi connectivity index (χ2n) is 7.85. The Labute approximate surface area is 197 Å². The van der Waals surface area contributed by atoms with Crippen molar-refractivity contribution in [1.29, 1.82) is 5.26 Å². The summed E-state index contributed by atoms with van der Waals surface area (Å²) in [7, 11) is 0. The molecule has 2 aromatic carbocycles. The van der Waals surface area contributed by atoms with E-state index in [1.807, 2.05) is 43.3 Å². The molecule has 2 heterocycles. The summed E-state index contributed by atoms with van der Waals surface area (Å²) in [4.78, 5) is 12.7. The van der Waals surface area contributed by atoms with Gasteiger partial charge in [0.1, 0.15) is 11.6 Å². The number of hydrogen-bond acceptors (Lipinski definition) is 3. The topological polar surface area (TPSA) is 67.1 Å². The molecule has 1 aliphatic heterocycles. The molecule has 1 aromatic heterocycles. The number of halogens is 2. The van der Waals surface area contributed by atoms with Crippen LogP contribution in [-0.4, -0.2) is 29.7 Å². The minimum absolute atomic E-state index is 0.0201. The molecule has 7 heteroatoms. The van der Waals surface area contributed by atoms with E-state index in [0.717, 1.165) is 47.2 Å². The zero-order valence-corrected chi connectivity index (χ0v) is 19.2. The number of para-hydroxylation sites is 1. The van der Waals surface area contributed by atoms with E-state index in [-0.39, 0.29) is 17.6 Å². The average molecular weight is 468 g/mol. The standard InChI is InChI=1S/C25H23Cl2N3O2/c1-16-22(11-18(13-28)25(31)29-14-20-5-4-10-32-20)21-6-2-3-7-24(21)30(16)15-17-8-9-19(26)12-23(17)27/h2-3,6-9,11-12,20H,4-5,10,14-15H2,1H3,(H,29,31)/b18-11-/t20-/m1/s1. The number of ether oxygens (including phenoxy) is 1. The highest BCUT2D eigenvalue weighted by molar-refractivity contribution is 6.35. The molecular weight excluding hydrogens is 445 g/mol. The molecule has 1 atom stereocenters. The first-order valence-electron chi connectivity index (χ1n) is 10.5. The van der Waals surface area contributed by atoms with E-state index >= 15 is 0 Å². The molecule has 0 spiro atoms. The first-order valence-corrected chi connectivity index (χ1v) is 11.3. The van der Waals surface area contributed by atoms with Gasteiger partial charge in [-0.05, 0) is 49.6 Å². The van der Waals surface area contributed by atoms with Gasteiger partial charge in [-0.1, -0.05) is 47.5 Å². The maximum absolute atomic E-state index is 12.7. The van der Waals surface area contributed by atoms with E-state index in [2.05, 4.69) is 16.0 Å². The van der Waals surface area contributed by atoms with E-state index in [0.29, 0.717) is 23.1 Å². The van der Waals surface area contributed by atoms with Crippen LogP contribution >= 0.6 is 23.2 Å². The molecule has 3 aromatic rings. The first-order chi connectivity index (χ1) is 15.5. The fraction of sp³-hybridized carbons (Fsp3) is 0.280. The van der Waals surface area contributed by atoms with Crippen LogP contribution < -0.4 is 5.32 Å². The number of hydrogen-bond donors (Lipinski definition) is 1. The molecule has 4 rings (SSSR count). The lowest BCUT2D eigenvalue weighted by Crippen LogP contribution is -2.32. The zero-order chi connectivity index (χ0) is 22.7. The molecule has 1 fully saturated rings. The molecule has 32 heavy (non-hydrogen) atoms. The predicted molar refractivity (Wildman–Crippen MR) is 128 cm³/mol. The summed E-state index contributed by atoms with van der Waals surface area (Å²) in [5.74, 6) is -0.389. The maximum Gasteiger partial charge on any atom is 0.262 e. The van der Waals surface area contributed by atoms with Crippen LogP contribution in [0.25, 0.3) is 17.0 Å². The molecule has 1 N–H and O–H groups in total. The summed E-state index contributed by atoms with van der Waals surface area (Å²) >= 11 is 12.5. The smallest absolute Gasteiger partial charge is 0.262 e. The van der Waals surface area contributed by atoms with Crippen LogP contribution in [0.1, 0.15) is 29.7 Å². The van der Waals surface area contributed by atoms with E-state index in [4.69, 9.17) is 27.9 Å². The zero-order valence-electron chi connectivity index (χ0n) is 17.7. The summed E-state index contributed by atoms with van der Waals surface area (Å²) in [6.45, 7) is 3.66. The van der Waals surface area contributed by atoms with Crippen LogP contribution in [0.3, 0.4) is 0 Å². The monoisotopic (exact) mass is 467 g/mol. The van der Waals surface area contributed by atoms with Crippen molar-refractivity contribution < 1.29 is 9.53 Å². The largest absolute Gasteiger partial charge is 0.376 e. The van der Waals surface area contributed by atoms with Crippen molar-refractivity contribution in [1.82, 2.24) is 9.88 Å². The fourth-order valence-electron chi connectivity index (χ4n) is 4.06. The lowest BCUT2D eigenvalue weighted by Gasteiger charge is -2.11. The second-order valence-corrected chi connectivity index (χ2v) is 8.70. The number of carbonyl (C=O) groups is 1. The Morgan fingerprint density at radius 3 is 2.84 bits per heavy atom. The highest BCUT2D eigenvalue weighted by Gasteiger charge is 2.19. The summed E-state index contributed by atoms with van der Waals surface area (Å²) in [5, 5.41) is 14.7. The number of rotatable bonds is 6. The molecule has 0 saturated carbocycles. The highest BCUT2D eigenvalue weighted by Crippen LogP contribution is 2.30. The van der Waals surface area contributed by atoms with Crippen LogP contribution in [0.15, 0.2) is 48.0 Å². The Morgan fingerprint density at radius 1 is 1.31 bits per heavy atom. The van der Waals surface area contributed by atoms with E-state index in [1.165, 1.54) is 0 Å². The normalized spacial score (nSPS) is 16.3. The number of nitrogens with zero attached hydrogens (tertiary/aromatic N) is 2. The van der Waals surface area contributed by atoms with Crippen molar-refractivity contribution in [3.63, 3.8) is 0 Å². The third-order valence-corrected chi connectivity index (χ3v) is 6.38. The molecule has 0 unspecified atom stereocenters. The van der Waals surface area contributed by atoms with Gasteiger partial charge in [-0.2, -0.15) is 5.26 Å². The molecular formula is C25H23Cl2N3O2. The number of benzene rings is 2. The Bertz CT molecular complexity index is 1230. The number of amides is 1. The predicted octanol–water partition coefficient (Wildman–Crippen LogP) is 5.51. The number of fused-ring (bicyclic) bond motifs is 1. The maximum atomic E-state index is 12.7. The van der Waals surface area contributed by atoms with E-state index in [9.17, 15) is 10.1 Å². The number of aromatic nitrogens is 1. The summed E-state index contributed by atoms with van der Waals surface area (Å²) < 4.78 is 7.68. The number of nitriles is 1. The van der Waals surface area contributed by atoms with Gasteiger partial charge in [0.15, 0.2) is 0 Å². The third kappa shape index (κ3) is 4.68. The van der Waals surface area contributed by atoms with Crippen molar-refractivity contribution in [2.75, 3.05) is 13.2 Å². The van der Waals surface area contributed by atoms with Gasteiger partial charge in [0, 0.05) is 51.9 Å². The van der Waals surface area contributed by atoms with Crippen LogP contribution in [0.2, 0.25) is 10.0 Å². The van der Waals surface area contributed by atoms with Crippen LogP contribution in [0.4, 0.5) is 0 Å². The number of carbonyl (C=O) groups excluding carboxylic acids is 1. The average Bonchev–Trinajstić information content (AvgIpc) is 3.39. The summed E-state index contributed by atoms with van der Waals surface area (Å²) in [6, 6.07) is 15.4. The SMILES string of the molecule is Cc1c(/C=C(/C#N)C(=O)NC[C@H]2CCCO2)c2ccccc2n1Cc1ccc(Cl)cc1Cl. The second kappa shape index (κ2) is 9.79. The molecule has 1 aliphatic rings. The molecule has 1 saturated heterocycles. The molecule has 5 nitrogen and oxygen atoms in total. The van der Waals surface area contributed by atoms with E-state index in [1.54, 1.807) is 12.1 Å². The Hall–Kier alpha value is -2.78. The molecule has 164 valence electrons. The Kier molecular flexibility index (Phi) is 6.86. The quantitative estimate of drug-likeness (QED) is 0.383. The summed E-state index contributed by atoms with van der Waals surface area (Å²) in [5.41, 5.74) is 3.79. The van der Waals surface area contributed by atoms with Crippen LogP contribution in [0, 0.1) is 18.3 Å². The van der Waals surface area contributed by atoms with Crippen LogP contribution in [0.5, 0.6) is 0 Å². The molecule has 0 radical (unpaired) electrons. The van der Waals surface area contributed by atoms with Gasteiger partial charge in [-0.3, -0.25) is 4.79 Å². The van der Waals surface area contributed by atoms with Gasteiger partial charge >= 0.3 is 0 Å². The van der Waals surface area contributed by atoms with Gasteiger partial charge in [-0.25, -0.2) is 0 Å². The molecule has 0 bridgehead atoms. The molecule has 0 aliphatic carbocycles. The first kappa shape index (κ1) is 22.4. The van der Waals surface area contributed by atoms with Crippen molar-refractivity contribution in [2.24, 2.45) is 0 Å². The van der Waals surface area contributed by atoms with Gasteiger partial charge in [-0.15, -0.1) is 0 Å². The molecule has 1 amide bonds. The minimum Gasteiger partial charge on any atom is -0.376 e. The number of nitrogens with one attached hydrogen (secondary N) is 1. The van der Waals surface area contributed by atoms with Crippen LogP contribution in [-0.2, 0) is 16.1 Å². The highest BCUT2D eigenvalue weighted by atomic mass is 35.5. The van der Waals surface area contributed by atoms with Gasteiger partial charge < -0.3 is 14.6 Å². The third-order valence-electron chi connectivity index (χ3n) is 5.79. The lowest BCUT2D eigenvalue weighted by atomic mass is 10.1. The Morgan fingerprint density at radius 2 is 2.12 bits per heavy atom. The van der Waals surface area contributed by atoms with Gasteiger partial charge in [0.25, 0.3) is 5.91 Å². The Balaban J connectivity index is 1.68. The van der Waals surface area contributed by atoms with Crippen molar-refractivity contribution >= 4 is 46.1 Å². The minimum atomic E-state index is -0.389. The van der Waals surface area contributed by atoms with Crippen molar-refractivity contribution in [3.8, 4) is 6.07 Å².